The molecule has 1 aromatic carbocycles. The molecule has 1 saturated heterocycles. The highest BCUT2D eigenvalue weighted by Crippen LogP contribution is 2.20. The van der Waals surface area contributed by atoms with Crippen LogP contribution in [-0.4, -0.2) is 59.9 Å². The van der Waals surface area contributed by atoms with E-state index in [-0.39, 0.29) is 43.7 Å². The van der Waals surface area contributed by atoms with Crippen LogP contribution in [0, 0.1) is 6.92 Å². The lowest BCUT2D eigenvalue weighted by atomic mass is 10.2. The van der Waals surface area contributed by atoms with E-state index in [0.717, 1.165) is 0 Å². The molecule has 1 aliphatic rings. The molecule has 0 radical (unpaired) electrons. The summed E-state index contributed by atoms with van der Waals surface area (Å²) in [6.45, 7) is 2.56. The fourth-order valence-electron chi connectivity index (χ4n) is 2.59. The molecule has 0 spiro atoms. The standard InChI is InChI=1S/C15H17ClN4O4S/c1-11-17-18-14(24-11)15(21)19-6-8-20(9-7-19)25(22,23)10-12-4-2-3-5-13(12)16/h2-5H,6-10H2,1H3. The van der Waals surface area contributed by atoms with Gasteiger partial charge in [-0.15, -0.1) is 10.2 Å². The van der Waals surface area contributed by atoms with Gasteiger partial charge in [-0.05, 0) is 11.6 Å². The van der Waals surface area contributed by atoms with Crippen LogP contribution in [0.2, 0.25) is 5.02 Å². The molecule has 1 fully saturated rings. The molecule has 0 saturated carbocycles. The molecule has 134 valence electrons. The highest BCUT2D eigenvalue weighted by Gasteiger charge is 2.31. The number of piperazine rings is 1. The molecule has 0 atom stereocenters. The number of aromatic nitrogens is 2. The number of nitrogens with zero attached hydrogens (tertiary/aromatic N) is 4. The molecule has 0 bridgehead atoms. The van der Waals surface area contributed by atoms with Crippen molar-refractivity contribution in [3.05, 3.63) is 46.6 Å². The highest BCUT2D eigenvalue weighted by atomic mass is 35.5. The summed E-state index contributed by atoms with van der Waals surface area (Å²) in [5, 5.41) is 7.75. The Labute approximate surface area is 150 Å². The molecule has 2 aromatic rings. The van der Waals surface area contributed by atoms with Crippen molar-refractivity contribution in [1.82, 2.24) is 19.4 Å². The molecular formula is C15H17ClN4O4S. The Hall–Kier alpha value is -1.97. The molecule has 1 aromatic heterocycles. The van der Waals surface area contributed by atoms with Gasteiger partial charge in [-0.1, -0.05) is 29.8 Å². The van der Waals surface area contributed by atoms with E-state index in [1.165, 1.54) is 9.21 Å². The summed E-state index contributed by atoms with van der Waals surface area (Å²) in [6, 6.07) is 6.86. The van der Waals surface area contributed by atoms with Gasteiger partial charge in [0.25, 0.3) is 0 Å². The second kappa shape index (κ2) is 7.11. The quantitative estimate of drug-likeness (QED) is 0.788. The zero-order valence-corrected chi connectivity index (χ0v) is 15.1. The van der Waals surface area contributed by atoms with Crippen LogP contribution in [0.3, 0.4) is 0 Å². The first-order valence-corrected chi connectivity index (χ1v) is 9.66. The third kappa shape index (κ3) is 4.00. The van der Waals surface area contributed by atoms with Crippen molar-refractivity contribution in [2.75, 3.05) is 26.2 Å². The molecule has 0 N–H and O–H groups in total. The van der Waals surface area contributed by atoms with E-state index >= 15 is 0 Å². The van der Waals surface area contributed by atoms with E-state index in [1.54, 1.807) is 31.2 Å². The van der Waals surface area contributed by atoms with Gasteiger partial charge < -0.3 is 9.32 Å². The van der Waals surface area contributed by atoms with Gasteiger partial charge in [-0.3, -0.25) is 4.79 Å². The zero-order valence-electron chi connectivity index (χ0n) is 13.6. The monoisotopic (exact) mass is 384 g/mol. The minimum Gasteiger partial charge on any atom is -0.417 e. The summed E-state index contributed by atoms with van der Waals surface area (Å²) >= 11 is 6.04. The van der Waals surface area contributed by atoms with Gasteiger partial charge >= 0.3 is 11.8 Å². The summed E-state index contributed by atoms with van der Waals surface area (Å²) in [7, 11) is -3.51. The number of hydrogen-bond acceptors (Lipinski definition) is 6. The topological polar surface area (TPSA) is 96.6 Å². The number of carbonyl (C=O) groups is 1. The fourth-order valence-corrected chi connectivity index (χ4v) is 4.42. The average Bonchev–Trinajstić information content (AvgIpc) is 3.03. The van der Waals surface area contributed by atoms with Gasteiger partial charge in [-0.25, -0.2) is 8.42 Å². The third-order valence-electron chi connectivity index (χ3n) is 3.92. The molecule has 1 aliphatic heterocycles. The second-order valence-electron chi connectivity index (χ2n) is 5.67. The summed E-state index contributed by atoms with van der Waals surface area (Å²) in [4.78, 5) is 13.8. The van der Waals surface area contributed by atoms with Crippen molar-refractivity contribution in [2.45, 2.75) is 12.7 Å². The zero-order chi connectivity index (χ0) is 18.0. The van der Waals surface area contributed by atoms with Crippen LogP contribution in [0.4, 0.5) is 0 Å². The van der Waals surface area contributed by atoms with E-state index in [0.29, 0.717) is 16.5 Å². The van der Waals surface area contributed by atoms with Crippen LogP contribution in [0.5, 0.6) is 0 Å². The Bertz CT molecular complexity index is 875. The number of halogens is 1. The summed E-state index contributed by atoms with van der Waals surface area (Å²) in [5.74, 6) is -0.318. The lowest BCUT2D eigenvalue weighted by Gasteiger charge is -2.33. The number of rotatable bonds is 4. The minimum absolute atomic E-state index is 0.0788. The first-order chi connectivity index (χ1) is 11.9. The summed E-state index contributed by atoms with van der Waals surface area (Å²) in [5.41, 5.74) is 0.559. The molecule has 10 heteroatoms. The highest BCUT2D eigenvalue weighted by molar-refractivity contribution is 7.88. The van der Waals surface area contributed by atoms with E-state index in [2.05, 4.69) is 10.2 Å². The number of hydrogen-bond donors (Lipinski definition) is 0. The van der Waals surface area contributed by atoms with Crippen molar-refractivity contribution in [3.63, 3.8) is 0 Å². The maximum atomic E-state index is 12.6. The molecule has 2 heterocycles. The molecule has 3 rings (SSSR count). The van der Waals surface area contributed by atoms with Crippen molar-refractivity contribution in [3.8, 4) is 0 Å². The Morgan fingerprint density at radius 3 is 2.48 bits per heavy atom. The van der Waals surface area contributed by atoms with Crippen LogP contribution < -0.4 is 0 Å². The predicted molar refractivity (Wildman–Crippen MR) is 90.6 cm³/mol. The molecule has 0 unspecified atom stereocenters. The lowest BCUT2D eigenvalue weighted by molar-refractivity contribution is 0.0656. The number of carbonyl (C=O) groups excluding carboxylic acids is 1. The average molecular weight is 385 g/mol. The first kappa shape index (κ1) is 17.8. The van der Waals surface area contributed by atoms with Crippen molar-refractivity contribution >= 4 is 27.5 Å². The van der Waals surface area contributed by atoms with Gasteiger partial charge in [0.05, 0.1) is 5.75 Å². The fraction of sp³-hybridized carbons (Fsp3) is 0.400. The van der Waals surface area contributed by atoms with Crippen LogP contribution in [-0.2, 0) is 15.8 Å². The first-order valence-electron chi connectivity index (χ1n) is 7.67. The number of benzene rings is 1. The SMILES string of the molecule is Cc1nnc(C(=O)N2CCN(S(=O)(=O)Cc3ccccc3Cl)CC2)o1. The van der Waals surface area contributed by atoms with Crippen LogP contribution in [0.1, 0.15) is 22.1 Å². The molecule has 8 nitrogen and oxygen atoms in total. The van der Waals surface area contributed by atoms with Gasteiger partial charge in [0.2, 0.25) is 15.9 Å². The van der Waals surface area contributed by atoms with E-state index in [1.807, 2.05) is 0 Å². The molecule has 25 heavy (non-hydrogen) atoms. The van der Waals surface area contributed by atoms with E-state index < -0.39 is 10.0 Å². The van der Waals surface area contributed by atoms with Gasteiger partial charge in [0.1, 0.15) is 0 Å². The Morgan fingerprint density at radius 1 is 1.20 bits per heavy atom. The lowest BCUT2D eigenvalue weighted by Crippen LogP contribution is -2.50. The van der Waals surface area contributed by atoms with Gasteiger partial charge in [0.15, 0.2) is 0 Å². The smallest absolute Gasteiger partial charge is 0.311 e. The Morgan fingerprint density at radius 2 is 1.88 bits per heavy atom. The Balaban J connectivity index is 1.63. The van der Waals surface area contributed by atoms with Gasteiger partial charge in [-0.2, -0.15) is 4.31 Å². The molecule has 0 aliphatic carbocycles. The van der Waals surface area contributed by atoms with Crippen molar-refractivity contribution in [2.24, 2.45) is 0 Å². The minimum atomic E-state index is -3.51. The van der Waals surface area contributed by atoms with Crippen LogP contribution >= 0.6 is 11.6 Å². The second-order valence-corrected chi connectivity index (χ2v) is 8.04. The molecular weight excluding hydrogens is 368 g/mol. The van der Waals surface area contributed by atoms with E-state index in [4.69, 9.17) is 16.0 Å². The van der Waals surface area contributed by atoms with Crippen LogP contribution in [0.15, 0.2) is 28.7 Å². The maximum absolute atomic E-state index is 12.6. The predicted octanol–water partition coefficient (Wildman–Crippen LogP) is 1.32. The number of sulfonamides is 1. The largest absolute Gasteiger partial charge is 0.417 e. The van der Waals surface area contributed by atoms with Gasteiger partial charge in [0, 0.05) is 38.1 Å². The van der Waals surface area contributed by atoms with Crippen molar-refractivity contribution in [1.29, 1.82) is 0 Å². The third-order valence-corrected chi connectivity index (χ3v) is 6.12. The summed E-state index contributed by atoms with van der Waals surface area (Å²) in [6.07, 6.45) is 0. The Kier molecular flexibility index (Phi) is 5.07. The van der Waals surface area contributed by atoms with E-state index in [9.17, 15) is 13.2 Å². The summed E-state index contributed by atoms with van der Waals surface area (Å²) < 4.78 is 31.7. The maximum Gasteiger partial charge on any atom is 0.311 e. The molecule has 1 amide bonds. The van der Waals surface area contributed by atoms with Crippen LogP contribution in [0.25, 0.3) is 0 Å². The number of amides is 1. The number of aryl methyl sites for hydroxylation is 1. The normalized spacial score (nSPS) is 16.2. The van der Waals surface area contributed by atoms with Crippen molar-refractivity contribution < 1.29 is 17.6 Å².